The number of likely N-dealkylation sites (tertiary alicyclic amines) is 1. The van der Waals surface area contributed by atoms with Gasteiger partial charge in [0.25, 0.3) is 5.91 Å². The van der Waals surface area contributed by atoms with E-state index in [4.69, 9.17) is 5.73 Å². The lowest BCUT2D eigenvalue weighted by Crippen LogP contribution is -2.46. The number of carbonyl (C=O) groups excluding carboxylic acids is 3. The minimum absolute atomic E-state index is 0.297. The van der Waals surface area contributed by atoms with Gasteiger partial charge in [0, 0.05) is 16.9 Å². The summed E-state index contributed by atoms with van der Waals surface area (Å²) in [5.74, 6) is -2.15. The van der Waals surface area contributed by atoms with Crippen molar-refractivity contribution in [2.45, 2.75) is 25.3 Å². The zero-order valence-corrected chi connectivity index (χ0v) is 23.3. The Balaban J connectivity index is 1.47. The van der Waals surface area contributed by atoms with Crippen LogP contribution in [0.15, 0.2) is 109 Å². The molecule has 0 spiro atoms. The number of nitrogen functional groups attached to an aromatic ring is 1. The second-order valence-electron chi connectivity index (χ2n) is 10.4. The molecule has 1 fully saturated rings. The molecule has 1 saturated heterocycles. The lowest BCUT2D eigenvalue weighted by Gasteiger charge is -2.38. The number of benzene rings is 4. The molecule has 0 aliphatic carbocycles. The average molecular weight is 562 g/mol. The fourth-order valence-corrected chi connectivity index (χ4v) is 5.34. The Morgan fingerprint density at radius 2 is 1.14 bits per heavy atom. The molecule has 0 saturated carbocycles. The molecule has 4 aromatic carbocycles. The molecule has 1 aliphatic heterocycles. The molecule has 42 heavy (non-hydrogen) atoms. The fraction of sp³-hybridized carbons (Fsp3) is 0.206. The molecule has 1 aliphatic rings. The molecule has 5 rings (SSSR count). The van der Waals surface area contributed by atoms with Crippen molar-refractivity contribution < 1.29 is 14.4 Å². The number of amides is 3. The minimum atomic E-state index is -1.06. The van der Waals surface area contributed by atoms with Crippen LogP contribution in [-0.2, 0) is 9.59 Å². The number of nitrogens with two attached hydrogens (primary N) is 1. The molecule has 8 heteroatoms. The largest absolute Gasteiger partial charge is 0.397 e. The van der Waals surface area contributed by atoms with E-state index < -0.39 is 23.8 Å². The normalized spacial score (nSPS) is 14.1. The monoisotopic (exact) mass is 561 g/mol. The third kappa shape index (κ3) is 7.03. The molecule has 1 atom stereocenters. The highest BCUT2D eigenvalue weighted by Crippen LogP contribution is 2.34. The molecular formula is C34H35N5O3. The van der Waals surface area contributed by atoms with Crippen molar-refractivity contribution >= 4 is 40.5 Å². The standard InChI is InChI=1S/C34H35N5O3/c35-28-16-8-9-17-29(28)38-32(40)25-20-18-24(19-21-25)31(39-22-10-3-11-23-39)30(33(41)36-26-12-4-1-5-13-26)34(42)37-27-14-6-2-7-15-27/h1-2,4-9,12-21,30-31H,3,10-11,22-23,35H2,(H,36,41)(H,37,42)(H,38,40). The van der Waals surface area contributed by atoms with Gasteiger partial charge in [-0.1, -0.05) is 67.1 Å². The van der Waals surface area contributed by atoms with E-state index in [9.17, 15) is 14.4 Å². The highest BCUT2D eigenvalue weighted by molar-refractivity contribution is 6.11. The van der Waals surface area contributed by atoms with Crippen molar-refractivity contribution in [3.8, 4) is 0 Å². The van der Waals surface area contributed by atoms with Crippen LogP contribution in [0.3, 0.4) is 0 Å². The van der Waals surface area contributed by atoms with E-state index in [2.05, 4.69) is 20.9 Å². The zero-order valence-electron chi connectivity index (χ0n) is 23.3. The van der Waals surface area contributed by atoms with Crippen LogP contribution in [0.4, 0.5) is 22.7 Å². The van der Waals surface area contributed by atoms with Gasteiger partial charge in [-0.15, -0.1) is 0 Å². The Morgan fingerprint density at radius 3 is 1.69 bits per heavy atom. The van der Waals surface area contributed by atoms with E-state index in [1.807, 2.05) is 48.5 Å². The van der Waals surface area contributed by atoms with Crippen molar-refractivity contribution in [1.82, 2.24) is 4.90 Å². The van der Waals surface area contributed by atoms with Gasteiger partial charge in [-0.05, 0) is 80.0 Å². The van der Waals surface area contributed by atoms with Gasteiger partial charge in [-0.3, -0.25) is 19.3 Å². The van der Waals surface area contributed by atoms with Crippen LogP contribution >= 0.6 is 0 Å². The summed E-state index contributed by atoms with van der Waals surface area (Å²) in [6, 6.07) is 31.9. The number of nitrogens with one attached hydrogen (secondary N) is 3. The van der Waals surface area contributed by atoms with E-state index in [1.54, 1.807) is 60.7 Å². The topological polar surface area (TPSA) is 117 Å². The van der Waals surface area contributed by atoms with Gasteiger partial charge in [0.15, 0.2) is 0 Å². The van der Waals surface area contributed by atoms with Crippen LogP contribution < -0.4 is 21.7 Å². The predicted molar refractivity (Wildman–Crippen MR) is 167 cm³/mol. The first kappa shape index (κ1) is 28.6. The van der Waals surface area contributed by atoms with Crippen molar-refractivity contribution in [2.75, 3.05) is 34.8 Å². The van der Waals surface area contributed by atoms with Gasteiger partial charge in [0.2, 0.25) is 11.8 Å². The molecule has 8 nitrogen and oxygen atoms in total. The number of anilines is 4. The molecule has 3 amide bonds. The average Bonchev–Trinajstić information content (AvgIpc) is 3.02. The molecule has 0 radical (unpaired) electrons. The van der Waals surface area contributed by atoms with E-state index in [0.29, 0.717) is 28.3 Å². The molecule has 5 N–H and O–H groups in total. The third-order valence-electron chi connectivity index (χ3n) is 7.47. The van der Waals surface area contributed by atoms with Crippen LogP contribution in [0.25, 0.3) is 0 Å². The predicted octanol–water partition coefficient (Wildman–Crippen LogP) is 5.94. The van der Waals surface area contributed by atoms with Crippen LogP contribution in [0.1, 0.15) is 41.2 Å². The maximum atomic E-state index is 13.9. The van der Waals surface area contributed by atoms with Gasteiger partial charge in [-0.25, -0.2) is 0 Å². The number of para-hydroxylation sites is 4. The second-order valence-corrected chi connectivity index (χ2v) is 10.4. The van der Waals surface area contributed by atoms with Gasteiger partial charge in [0.05, 0.1) is 17.4 Å². The lowest BCUT2D eigenvalue weighted by atomic mass is 9.87. The van der Waals surface area contributed by atoms with Crippen molar-refractivity contribution in [1.29, 1.82) is 0 Å². The maximum Gasteiger partial charge on any atom is 0.255 e. The first-order valence-electron chi connectivity index (χ1n) is 14.2. The lowest BCUT2D eigenvalue weighted by molar-refractivity contribution is -0.132. The Morgan fingerprint density at radius 1 is 0.619 bits per heavy atom. The van der Waals surface area contributed by atoms with Gasteiger partial charge in [-0.2, -0.15) is 0 Å². The van der Waals surface area contributed by atoms with Crippen molar-refractivity contribution in [3.05, 3.63) is 120 Å². The summed E-state index contributed by atoms with van der Waals surface area (Å²) in [5.41, 5.74) is 9.46. The number of piperidine rings is 1. The third-order valence-corrected chi connectivity index (χ3v) is 7.47. The summed E-state index contributed by atoms with van der Waals surface area (Å²) >= 11 is 0. The Kier molecular flexibility index (Phi) is 9.26. The smallest absolute Gasteiger partial charge is 0.255 e. The summed E-state index contributed by atoms with van der Waals surface area (Å²) in [4.78, 5) is 43.1. The summed E-state index contributed by atoms with van der Waals surface area (Å²) in [5, 5.41) is 8.77. The number of hydrogen-bond donors (Lipinski definition) is 4. The van der Waals surface area contributed by atoms with E-state index in [0.717, 1.165) is 37.9 Å². The zero-order chi connectivity index (χ0) is 29.3. The highest BCUT2D eigenvalue weighted by atomic mass is 16.2. The summed E-state index contributed by atoms with van der Waals surface area (Å²) in [6.07, 6.45) is 3.05. The quantitative estimate of drug-likeness (QED) is 0.149. The van der Waals surface area contributed by atoms with Crippen LogP contribution in [0.2, 0.25) is 0 Å². The number of nitrogens with zero attached hydrogens (tertiary/aromatic N) is 1. The van der Waals surface area contributed by atoms with Crippen LogP contribution in [0, 0.1) is 5.92 Å². The molecule has 214 valence electrons. The summed E-state index contributed by atoms with van der Waals surface area (Å²) in [6.45, 7) is 1.52. The maximum absolute atomic E-state index is 13.9. The SMILES string of the molecule is Nc1ccccc1NC(=O)c1ccc(C(C(C(=O)Nc2ccccc2)C(=O)Nc2ccccc2)N2CCCCC2)cc1. The first-order chi connectivity index (χ1) is 20.5. The number of hydrogen-bond acceptors (Lipinski definition) is 5. The fourth-order valence-electron chi connectivity index (χ4n) is 5.34. The molecule has 0 bridgehead atoms. The summed E-state index contributed by atoms with van der Waals surface area (Å²) < 4.78 is 0. The van der Waals surface area contributed by atoms with Crippen molar-refractivity contribution in [2.24, 2.45) is 5.92 Å². The van der Waals surface area contributed by atoms with Gasteiger partial charge < -0.3 is 21.7 Å². The Labute approximate surface area is 245 Å². The number of rotatable bonds is 9. The minimum Gasteiger partial charge on any atom is -0.397 e. The Bertz CT molecular complexity index is 1450. The number of carbonyl (C=O) groups is 3. The second kappa shape index (κ2) is 13.6. The Hall–Kier alpha value is -4.95. The molecule has 1 heterocycles. The highest BCUT2D eigenvalue weighted by Gasteiger charge is 2.40. The van der Waals surface area contributed by atoms with E-state index in [1.165, 1.54) is 0 Å². The van der Waals surface area contributed by atoms with Crippen LogP contribution in [-0.4, -0.2) is 35.7 Å². The summed E-state index contributed by atoms with van der Waals surface area (Å²) in [7, 11) is 0. The van der Waals surface area contributed by atoms with Crippen molar-refractivity contribution in [3.63, 3.8) is 0 Å². The molecule has 4 aromatic rings. The van der Waals surface area contributed by atoms with E-state index >= 15 is 0 Å². The van der Waals surface area contributed by atoms with E-state index in [-0.39, 0.29) is 5.91 Å². The molecule has 1 unspecified atom stereocenters. The first-order valence-corrected chi connectivity index (χ1v) is 14.2. The van der Waals surface area contributed by atoms with Gasteiger partial charge >= 0.3 is 0 Å². The van der Waals surface area contributed by atoms with Crippen LogP contribution in [0.5, 0.6) is 0 Å². The van der Waals surface area contributed by atoms with Gasteiger partial charge in [0.1, 0.15) is 5.92 Å². The molecular weight excluding hydrogens is 526 g/mol. The molecule has 0 aromatic heterocycles.